The normalized spacial score (nSPS) is 10.5. The van der Waals surface area contributed by atoms with E-state index in [0.717, 1.165) is 21.1 Å². The average molecular weight is 285 g/mol. The molecule has 94 valence electrons. The van der Waals surface area contributed by atoms with E-state index in [2.05, 4.69) is 17.1 Å². The van der Waals surface area contributed by atoms with Crippen molar-refractivity contribution >= 4 is 28.6 Å². The molecule has 0 fully saturated rings. The van der Waals surface area contributed by atoms with Gasteiger partial charge in [-0.15, -0.1) is 5.38 Å². The van der Waals surface area contributed by atoms with Crippen LogP contribution in [0, 0.1) is 12.1 Å². The Labute approximate surface area is 117 Å². The highest BCUT2D eigenvalue weighted by atomic mass is 32.1. The van der Waals surface area contributed by atoms with E-state index < -0.39 is 5.97 Å². The SMILES string of the molecule is O=C(O)c1c[c-]c(-c2cccc(-c3[c-]ccs3)n2)s1. The first-order chi connectivity index (χ1) is 9.24. The van der Waals surface area contributed by atoms with Gasteiger partial charge in [-0.2, -0.15) is 24.3 Å². The molecule has 5 heteroatoms. The van der Waals surface area contributed by atoms with Gasteiger partial charge in [-0.05, 0) is 11.4 Å². The summed E-state index contributed by atoms with van der Waals surface area (Å²) in [5.74, 6) is -0.935. The zero-order chi connectivity index (χ0) is 13.2. The molecule has 3 aromatic heterocycles. The monoisotopic (exact) mass is 285 g/mol. The number of hydrogen-bond donors (Lipinski definition) is 1. The highest BCUT2D eigenvalue weighted by Gasteiger charge is 2.00. The Bertz CT molecular complexity index is 717. The maximum atomic E-state index is 10.9. The zero-order valence-electron chi connectivity index (χ0n) is 9.58. The lowest BCUT2D eigenvalue weighted by molar-refractivity contribution is 0.0702. The minimum absolute atomic E-state index is 0.268. The number of hydrogen-bond acceptors (Lipinski definition) is 4. The van der Waals surface area contributed by atoms with Gasteiger partial charge in [0.05, 0.1) is 0 Å². The van der Waals surface area contributed by atoms with Crippen LogP contribution in [0.5, 0.6) is 0 Å². The van der Waals surface area contributed by atoms with E-state index in [1.165, 1.54) is 17.4 Å². The van der Waals surface area contributed by atoms with Gasteiger partial charge in [-0.1, -0.05) is 28.0 Å². The first-order valence-corrected chi connectivity index (χ1v) is 7.11. The van der Waals surface area contributed by atoms with E-state index in [1.54, 1.807) is 11.3 Å². The van der Waals surface area contributed by atoms with Crippen LogP contribution in [0.2, 0.25) is 0 Å². The summed E-state index contributed by atoms with van der Waals surface area (Å²) in [6, 6.07) is 15.1. The fourth-order valence-electron chi connectivity index (χ4n) is 1.60. The third-order valence-electron chi connectivity index (χ3n) is 2.44. The number of carboxylic acid groups (broad SMARTS) is 1. The van der Waals surface area contributed by atoms with E-state index in [4.69, 9.17) is 5.11 Å². The summed E-state index contributed by atoms with van der Waals surface area (Å²) in [4.78, 5) is 17.4. The molecule has 3 aromatic rings. The molecule has 0 aliphatic carbocycles. The van der Waals surface area contributed by atoms with Crippen LogP contribution in [0.4, 0.5) is 0 Å². The van der Waals surface area contributed by atoms with E-state index in [-0.39, 0.29) is 4.88 Å². The Morgan fingerprint density at radius 2 is 2.00 bits per heavy atom. The number of aromatic carboxylic acids is 1. The van der Waals surface area contributed by atoms with Crippen molar-refractivity contribution in [1.29, 1.82) is 0 Å². The predicted octanol–water partition coefficient (Wildman–Crippen LogP) is 3.84. The topological polar surface area (TPSA) is 50.2 Å². The van der Waals surface area contributed by atoms with Crippen LogP contribution in [0.15, 0.2) is 35.7 Å². The third-order valence-corrected chi connectivity index (χ3v) is 4.32. The summed E-state index contributed by atoms with van der Waals surface area (Å²) in [7, 11) is 0. The van der Waals surface area contributed by atoms with Crippen LogP contribution in [0.25, 0.3) is 21.1 Å². The molecule has 0 spiro atoms. The van der Waals surface area contributed by atoms with Gasteiger partial charge in [-0.3, -0.25) is 4.79 Å². The van der Waals surface area contributed by atoms with Gasteiger partial charge in [-0.25, -0.2) is 22.7 Å². The molecule has 0 amide bonds. The van der Waals surface area contributed by atoms with Crippen LogP contribution in [0.3, 0.4) is 0 Å². The number of thiophene rings is 2. The Balaban J connectivity index is 2.01. The van der Waals surface area contributed by atoms with Gasteiger partial charge < -0.3 is 10.1 Å². The summed E-state index contributed by atoms with van der Waals surface area (Å²) in [6.45, 7) is 0. The zero-order valence-corrected chi connectivity index (χ0v) is 11.2. The molecule has 19 heavy (non-hydrogen) atoms. The largest absolute Gasteiger partial charge is 0.486 e. The lowest BCUT2D eigenvalue weighted by Crippen LogP contribution is -1.89. The molecule has 0 saturated carbocycles. The van der Waals surface area contributed by atoms with Gasteiger partial charge >= 0.3 is 0 Å². The van der Waals surface area contributed by atoms with E-state index in [9.17, 15) is 4.79 Å². The Morgan fingerprint density at radius 1 is 1.21 bits per heavy atom. The molecular weight excluding hydrogens is 278 g/mol. The highest BCUT2D eigenvalue weighted by molar-refractivity contribution is 7.17. The maximum Gasteiger partial charge on any atom is 0.289 e. The van der Waals surface area contributed by atoms with Crippen molar-refractivity contribution in [2.75, 3.05) is 0 Å². The summed E-state index contributed by atoms with van der Waals surface area (Å²) in [5, 5.41) is 10.9. The fourth-order valence-corrected chi connectivity index (χ4v) is 3.00. The second-order valence-electron chi connectivity index (χ2n) is 3.69. The lowest BCUT2D eigenvalue weighted by Gasteiger charge is -2.11. The van der Waals surface area contributed by atoms with Crippen molar-refractivity contribution < 1.29 is 9.90 Å². The molecular formula is C14H7NO2S2-2. The summed E-state index contributed by atoms with van der Waals surface area (Å²) in [5.41, 5.74) is 1.57. The lowest BCUT2D eigenvalue weighted by atomic mass is 10.2. The van der Waals surface area contributed by atoms with Crippen molar-refractivity contribution in [3.05, 3.63) is 52.7 Å². The van der Waals surface area contributed by atoms with Gasteiger partial charge in [0, 0.05) is 4.88 Å². The van der Waals surface area contributed by atoms with Gasteiger partial charge in [0.1, 0.15) is 0 Å². The second-order valence-corrected chi connectivity index (χ2v) is 5.66. The molecule has 1 N–H and O–H groups in total. The number of carbonyl (C=O) groups is 1. The van der Waals surface area contributed by atoms with Crippen molar-refractivity contribution in [1.82, 2.24) is 4.98 Å². The van der Waals surface area contributed by atoms with Crippen LogP contribution in [-0.4, -0.2) is 16.1 Å². The van der Waals surface area contributed by atoms with Gasteiger partial charge in [0.2, 0.25) is 0 Å². The molecule has 0 atom stereocenters. The highest BCUT2D eigenvalue weighted by Crippen LogP contribution is 2.29. The van der Waals surface area contributed by atoms with Crippen molar-refractivity contribution in [3.63, 3.8) is 0 Å². The molecule has 3 rings (SSSR count). The Morgan fingerprint density at radius 3 is 2.63 bits per heavy atom. The molecule has 0 radical (unpaired) electrons. The van der Waals surface area contributed by atoms with E-state index in [0.29, 0.717) is 0 Å². The molecule has 0 aliphatic heterocycles. The summed E-state index contributed by atoms with van der Waals surface area (Å²) >= 11 is 2.75. The smallest absolute Gasteiger partial charge is 0.289 e. The molecule has 0 aliphatic rings. The number of carboxylic acids is 1. The van der Waals surface area contributed by atoms with E-state index >= 15 is 0 Å². The summed E-state index contributed by atoms with van der Waals surface area (Å²) < 4.78 is 0. The average Bonchev–Trinajstić information content (AvgIpc) is 3.10. The molecule has 0 saturated heterocycles. The number of pyridine rings is 1. The van der Waals surface area contributed by atoms with Crippen molar-refractivity contribution in [2.24, 2.45) is 0 Å². The molecule has 0 aromatic carbocycles. The molecule has 3 heterocycles. The van der Waals surface area contributed by atoms with Crippen LogP contribution >= 0.6 is 22.7 Å². The minimum Gasteiger partial charge on any atom is -0.486 e. The predicted molar refractivity (Wildman–Crippen MR) is 75.5 cm³/mol. The molecule has 0 bridgehead atoms. The van der Waals surface area contributed by atoms with Crippen LogP contribution < -0.4 is 0 Å². The first-order valence-electron chi connectivity index (χ1n) is 5.42. The fraction of sp³-hybridized carbons (Fsp3) is 0. The van der Waals surface area contributed by atoms with Gasteiger partial charge in [0.15, 0.2) is 0 Å². The quantitative estimate of drug-likeness (QED) is 0.744. The third kappa shape index (κ3) is 2.43. The number of nitrogens with zero attached hydrogens (tertiary/aromatic N) is 1. The van der Waals surface area contributed by atoms with Crippen molar-refractivity contribution in [2.45, 2.75) is 0 Å². The molecule has 0 unspecified atom stereocenters. The van der Waals surface area contributed by atoms with Gasteiger partial charge in [0.25, 0.3) is 5.97 Å². The molecule has 3 nitrogen and oxygen atoms in total. The number of aromatic nitrogens is 1. The van der Waals surface area contributed by atoms with Crippen LogP contribution in [-0.2, 0) is 0 Å². The Hall–Kier alpha value is -1.98. The summed E-state index contributed by atoms with van der Waals surface area (Å²) in [6.07, 6.45) is 0. The second kappa shape index (κ2) is 4.95. The standard InChI is InChI=1S/C14H7NO2S2/c16-14(17)13-7-6-12(19-13)10-4-1-3-9(15-10)11-5-2-8-18-11/h1-4,7-8H,(H,16,17)/q-2. The van der Waals surface area contributed by atoms with E-state index in [1.807, 2.05) is 29.6 Å². The maximum absolute atomic E-state index is 10.9. The van der Waals surface area contributed by atoms with Crippen LogP contribution in [0.1, 0.15) is 9.67 Å². The van der Waals surface area contributed by atoms with Crippen molar-refractivity contribution in [3.8, 4) is 21.1 Å². The Kier molecular flexibility index (Phi) is 3.15. The first kappa shape index (κ1) is 12.1. The number of rotatable bonds is 3. The minimum atomic E-state index is -0.935.